The number of ether oxygens (including phenoxy) is 3. The van der Waals surface area contributed by atoms with Crippen LogP contribution >= 0.6 is 0 Å². The molecule has 0 aliphatic heterocycles. The molecule has 0 saturated carbocycles. The Morgan fingerprint density at radius 1 is 0.269 bits per heavy atom. The van der Waals surface area contributed by atoms with Crippen molar-refractivity contribution in [2.75, 3.05) is 13.2 Å². The molecule has 0 spiro atoms. The van der Waals surface area contributed by atoms with E-state index >= 15 is 0 Å². The first-order chi connectivity index (χ1) is 38.5. The van der Waals surface area contributed by atoms with Gasteiger partial charge in [0.05, 0.1) is 0 Å². The molecule has 0 aromatic rings. The maximum Gasteiger partial charge on any atom is 0.306 e. The van der Waals surface area contributed by atoms with Gasteiger partial charge in [-0.25, -0.2) is 0 Å². The molecule has 0 rings (SSSR count). The maximum absolute atomic E-state index is 12.9. The summed E-state index contributed by atoms with van der Waals surface area (Å²) >= 11 is 0. The second kappa shape index (κ2) is 64.8. The van der Waals surface area contributed by atoms with E-state index in [2.05, 4.69) is 167 Å². The highest BCUT2D eigenvalue weighted by molar-refractivity contribution is 5.71. The number of hydrogen-bond acceptors (Lipinski definition) is 6. The van der Waals surface area contributed by atoms with Crippen LogP contribution in [-0.2, 0) is 28.6 Å². The molecule has 78 heavy (non-hydrogen) atoms. The van der Waals surface area contributed by atoms with E-state index < -0.39 is 6.10 Å². The zero-order valence-electron chi connectivity index (χ0n) is 50.4. The van der Waals surface area contributed by atoms with Crippen LogP contribution in [0.4, 0.5) is 0 Å². The molecular weight excluding hydrogens is 961 g/mol. The van der Waals surface area contributed by atoms with Gasteiger partial charge in [-0.3, -0.25) is 14.4 Å². The fraction of sp³-hybridized carbons (Fsp3) is 0.625. The van der Waals surface area contributed by atoms with E-state index in [1.54, 1.807) is 0 Å². The van der Waals surface area contributed by atoms with E-state index in [4.69, 9.17) is 14.2 Å². The summed E-state index contributed by atoms with van der Waals surface area (Å²) in [5, 5.41) is 0. The van der Waals surface area contributed by atoms with Crippen molar-refractivity contribution in [2.45, 2.75) is 277 Å². The van der Waals surface area contributed by atoms with Crippen molar-refractivity contribution in [3.8, 4) is 0 Å². The molecule has 0 amide bonds. The molecule has 0 radical (unpaired) electrons. The molecule has 0 aromatic carbocycles. The standard InChI is InChI=1S/C72H116O6/c1-4-7-10-13-16-19-22-24-26-28-30-31-32-33-34-35-36-37-38-39-40-41-43-44-46-48-50-53-56-59-62-65-71(74)77-68-69(67-76-70(73)64-61-58-55-52-21-18-15-12-9-6-3)78-72(75)66-63-60-57-54-51-49-47-45-42-29-27-25-23-20-17-14-11-8-5-2/h7,10,12,15-17,19-20,24-27,30-31,33-34,36-37,39-40,42-45,69H,4-6,8-9,11,13-14,18,21-23,28-29,32,35,38,41,46-68H2,1-3H3/b10-7-,15-12-,19-16-,20-17-,26-24-,27-25-,31-30-,34-33-,37-36-,40-39-,44-43-,45-42-. The second-order valence-electron chi connectivity index (χ2n) is 20.6. The average Bonchev–Trinajstić information content (AvgIpc) is 3.44. The molecule has 440 valence electrons. The molecule has 0 N–H and O–H groups in total. The predicted molar refractivity (Wildman–Crippen MR) is 339 cm³/mol. The summed E-state index contributed by atoms with van der Waals surface area (Å²) in [6, 6.07) is 0. The molecule has 0 aromatic heterocycles. The smallest absolute Gasteiger partial charge is 0.306 e. The Morgan fingerprint density at radius 2 is 0.526 bits per heavy atom. The van der Waals surface area contributed by atoms with Gasteiger partial charge in [0.15, 0.2) is 6.10 Å². The van der Waals surface area contributed by atoms with E-state index in [9.17, 15) is 14.4 Å². The zero-order valence-corrected chi connectivity index (χ0v) is 50.4. The molecule has 1 atom stereocenters. The van der Waals surface area contributed by atoms with E-state index in [0.29, 0.717) is 19.3 Å². The van der Waals surface area contributed by atoms with Gasteiger partial charge in [0, 0.05) is 19.3 Å². The molecule has 6 nitrogen and oxygen atoms in total. The Hall–Kier alpha value is -4.71. The SMILES string of the molecule is CC/C=C\C/C=C\C/C=C\C/C=C\C/C=C\C/C=C\C/C=C\C/C=C\CCCCCCCCC(=O)OCC(COC(=O)CCCCCCC/C=C\CCC)OC(=O)CCCCCCCC/C=C\C/C=C\C/C=C\CCCCC. The highest BCUT2D eigenvalue weighted by atomic mass is 16.6. The third-order valence-electron chi connectivity index (χ3n) is 13.0. The molecule has 6 heteroatoms. The third kappa shape index (κ3) is 62.1. The lowest BCUT2D eigenvalue weighted by atomic mass is 10.1. The predicted octanol–water partition coefficient (Wildman–Crippen LogP) is 21.9. The van der Waals surface area contributed by atoms with Gasteiger partial charge in [0.2, 0.25) is 0 Å². The summed E-state index contributed by atoms with van der Waals surface area (Å²) in [5.41, 5.74) is 0. The normalized spacial score (nSPS) is 13.1. The van der Waals surface area contributed by atoms with Crippen molar-refractivity contribution >= 4 is 17.9 Å². The molecular formula is C72H116O6. The summed E-state index contributed by atoms with van der Waals surface area (Å²) in [5.74, 6) is -0.937. The van der Waals surface area contributed by atoms with E-state index in [1.165, 1.54) is 64.2 Å². The minimum absolute atomic E-state index is 0.0970. The van der Waals surface area contributed by atoms with E-state index in [-0.39, 0.29) is 31.1 Å². The van der Waals surface area contributed by atoms with Crippen molar-refractivity contribution in [3.63, 3.8) is 0 Å². The minimum atomic E-state index is -0.801. The van der Waals surface area contributed by atoms with Crippen LogP contribution in [-0.4, -0.2) is 37.2 Å². The summed E-state index contributed by atoms with van der Waals surface area (Å²) in [6.45, 7) is 6.40. The molecule has 1 unspecified atom stereocenters. The summed E-state index contributed by atoms with van der Waals surface area (Å²) in [6.07, 6.45) is 92.8. The summed E-state index contributed by atoms with van der Waals surface area (Å²) in [7, 11) is 0. The first-order valence-corrected chi connectivity index (χ1v) is 31.8. The van der Waals surface area contributed by atoms with Crippen LogP contribution in [0.25, 0.3) is 0 Å². The highest BCUT2D eigenvalue weighted by Gasteiger charge is 2.19. The van der Waals surface area contributed by atoms with Gasteiger partial charge >= 0.3 is 17.9 Å². The van der Waals surface area contributed by atoms with Crippen molar-refractivity contribution in [3.05, 3.63) is 146 Å². The van der Waals surface area contributed by atoms with Crippen LogP contribution in [0.3, 0.4) is 0 Å². The first-order valence-electron chi connectivity index (χ1n) is 31.8. The number of esters is 3. The molecule has 0 fully saturated rings. The van der Waals surface area contributed by atoms with Crippen molar-refractivity contribution < 1.29 is 28.6 Å². The van der Waals surface area contributed by atoms with Gasteiger partial charge < -0.3 is 14.2 Å². The fourth-order valence-electron chi connectivity index (χ4n) is 8.29. The molecule has 0 heterocycles. The van der Waals surface area contributed by atoms with Crippen LogP contribution in [0.2, 0.25) is 0 Å². The number of allylic oxidation sites excluding steroid dienone is 24. The third-order valence-corrected chi connectivity index (χ3v) is 13.0. The average molecular weight is 1080 g/mol. The van der Waals surface area contributed by atoms with Gasteiger partial charge in [-0.2, -0.15) is 0 Å². The van der Waals surface area contributed by atoms with Crippen molar-refractivity contribution in [2.24, 2.45) is 0 Å². The highest BCUT2D eigenvalue weighted by Crippen LogP contribution is 2.14. The fourth-order valence-corrected chi connectivity index (χ4v) is 8.29. The molecule has 0 aliphatic rings. The van der Waals surface area contributed by atoms with Gasteiger partial charge in [-0.15, -0.1) is 0 Å². The Kier molecular flexibility index (Phi) is 60.9. The first kappa shape index (κ1) is 73.3. The van der Waals surface area contributed by atoms with Crippen LogP contribution in [0.15, 0.2) is 146 Å². The number of carbonyl (C=O) groups excluding carboxylic acids is 3. The topological polar surface area (TPSA) is 78.9 Å². The Morgan fingerprint density at radius 3 is 0.846 bits per heavy atom. The van der Waals surface area contributed by atoms with Crippen LogP contribution in [0.5, 0.6) is 0 Å². The van der Waals surface area contributed by atoms with Gasteiger partial charge in [0.1, 0.15) is 13.2 Å². The molecule has 0 bridgehead atoms. The van der Waals surface area contributed by atoms with Gasteiger partial charge in [-0.1, -0.05) is 256 Å². The molecule has 0 aliphatic carbocycles. The Bertz CT molecular complexity index is 1710. The number of carbonyl (C=O) groups is 3. The van der Waals surface area contributed by atoms with E-state index in [0.717, 1.165) is 167 Å². The number of rotatable bonds is 56. The number of hydrogen-bond donors (Lipinski definition) is 0. The monoisotopic (exact) mass is 1080 g/mol. The Balaban J connectivity index is 4.32. The zero-order chi connectivity index (χ0) is 56.4. The lowest BCUT2D eigenvalue weighted by Gasteiger charge is -2.18. The quantitative estimate of drug-likeness (QED) is 0.0261. The van der Waals surface area contributed by atoms with Crippen LogP contribution < -0.4 is 0 Å². The number of unbranched alkanes of at least 4 members (excludes halogenated alkanes) is 21. The van der Waals surface area contributed by atoms with Crippen molar-refractivity contribution in [1.82, 2.24) is 0 Å². The second-order valence-corrected chi connectivity index (χ2v) is 20.6. The Labute approximate surface area is 480 Å². The summed E-state index contributed by atoms with van der Waals surface area (Å²) in [4.78, 5) is 38.2. The van der Waals surface area contributed by atoms with E-state index in [1.807, 2.05) is 0 Å². The summed E-state index contributed by atoms with van der Waals surface area (Å²) < 4.78 is 16.8. The lowest BCUT2D eigenvalue weighted by Crippen LogP contribution is -2.30. The van der Waals surface area contributed by atoms with Crippen LogP contribution in [0, 0.1) is 0 Å². The maximum atomic E-state index is 12.9. The van der Waals surface area contributed by atoms with Gasteiger partial charge in [-0.05, 0) is 141 Å². The lowest BCUT2D eigenvalue weighted by molar-refractivity contribution is -0.167. The molecule has 0 saturated heterocycles. The minimum Gasteiger partial charge on any atom is -0.462 e. The van der Waals surface area contributed by atoms with Crippen LogP contribution in [0.1, 0.15) is 271 Å². The largest absolute Gasteiger partial charge is 0.462 e. The van der Waals surface area contributed by atoms with Crippen molar-refractivity contribution in [1.29, 1.82) is 0 Å². The van der Waals surface area contributed by atoms with Gasteiger partial charge in [0.25, 0.3) is 0 Å².